The zero-order chi connectivity index (χ0) is 14.4. The van der Waals surface area contributed by atoms with Crippen LogP contribution in [0, 0.1) is 0 Å². The molecular formula is C18H30N2. The van der Waals surface area contributed by atoms with E-state index in [4.69, 9.17) is 0 Å². The molecule has 0 spiro atoms. The van der Waals surface area contributed by atoms with E-state index in [1.807, 2.05) is 0 Å². The van der Waals surface area contributed by atoms with Crippen molar-refractivity contribution in [2.24, 2.45) is 0 Å². The molecule has 1 aromatic rings. The van der Waals surface area contributed by atoms with Gasteiger partial charge in [-0.1, -0.05) is 51.0 Å². The molecule has 1 aliphatic rings. The molecule has 0 heterocycles. The van der Waals surface area contributed by atoms with Gasteiger partial charge in [0.2, 0.25) is 0 Å². The minimum atomic E-state index is 0.622. The maximum absolute atomic E-state index is 3.56. The number of rotatable bonds is 7. The summed E-state index contributed by atoms with van der Waals surface area (Å²) in [5.74, 6) is 0.622. The van der Waals surface area contributed by atoms with E-state index in [9.17, 15) is 0 Å². The molecule has 112 valence electrons. The summed E-state index contributed by atoms with van der Waals surface area (Å²) in [5.41, 5.74) is 2.81. The van der Waals surface area contributed by atoms with Crippen LogP contribution >= 0.6 is 0 Å². The first-order valence-electron chi connectivity index (χ1n) is 8.16. The van der Waals surface area contributed by atoms with Crippen molar-refractivity contribution >= 4 is 0 Å². The van der Waals surface area contributed by atoms with Crippen molar-refractivity contribution < 1.29 is 0 Å². The van der Waals surface area contributed by atoms with Gasteiger partial charge in [0.25, 0.3) is 0 Å². The summed E-state index contributed by atoms with van der Waals surface area (Å²) in [4.78, 5) is 2.53. The Morgan fingerprint density at radius 2 is 1.80 bits per heavy atom. The third kappa shape index (κ3) is 4.60. The predicted molar refractivity (Wildman–Crippen MR) is 87.1 cm³/mol. The van der Waals surface area contributed by atoms with Gasteiger partial charge in [-0.2, -0.15) is 0 Å². The number of nitrogens with zero attached hydrogens (tertiary/aromatic N) is 1. The Morgan fingerprint density at radius 3 is 2.40 bits per heavy atom. The average Bonchev–Trinajstić information content (AvgIpc) is 2.98. The Bertz CT molecular complexity index is 377. The predicted octanol–water partition coefficient (Wildman–Crippen LogP) is 3.77. The highest BCUT2D eigenvalue weighted by atomic mass is 15.1. The van der Waals surface area contributed by atoms with E-state index >= 15 is 0 Å². The lowest BCUT2D eigenvalue weighted by Gasteiger charge is -2.24. The van der Waals surface area contributed by atoms with E-state index < -0.39 is 0 Å². The minimum absolute atomic E-state index is 0.622. The molecule has 1 aliphatic carbocycles. The van der Waals surface area contributed by atoms with Gasteiger partial charge in [-0.25, -0.2) is 0 Å². The largest absolute Gasteiger partial charge is 0.311 e. The maximum Gasteiger partial charge on any atom is 0.0206 e. The van der Waals surface area contributed by atoms with Gasteiger partial charge in [-0.05, 0) is 36.9 Å². The molecule has 2 nitrogen and oxygen atoms in total. The van der Waals surface area contributed by atoms with Crippen LogP contribution in [-0.4, -0.2) is 31.1 Å². The molecule has 1 aromatic carbocycles. The molecule has 1 saturated carbocycles. The summed E-state index contributed by atoms with van der Waals surface area (Å²) in [6.07, 6.45) is 5.63. The van der Waals surface area contributed by atoms with Crippen LogP contribution < -0.4 is 5.32 Å². The van der Waals surface area contributed by atoms with E-state index in [0.717, 1.165) is 25.7 Å². The Labute approximate surface area is 124 Å². The molecule has 1 N–H and O–H groups in total. The summed E-state index contributed by atoms with van der Waals surface area (Å²) in [6, 6.07) is 9.85. The zero-order valence-electron chi connectivity index (χ0n) is 13.4. The molecule has 0 aliphatic heterocycles. The highest BCUT2D eigenvalue weighted by Crippen LogP contribution is 2.21. The van der Waals surface area contributed by atoms with Crippen LogP contribution in [0.2, 0.25) is 0 Å². The van der Waals surface area contributed by atoms with Gasteiger partial charge >= 0.3 is 0 Å². The molecule has 2 heteroatoms. The Balaban J connectivity index is 1.65. The zero-order valence-corrected chi connectivity index (χ0v) is 13.4. The van der Waals surface area contributed by atoms with E-state index in [2.05, 4.69) is 55.4 Å². The third-order valence-electron chi connectivity index (χ3n) is 4.56. The van der Waals surface area contributed by atoms with E-state index in [-0.39, 0.29) is 0 Å². The van der Waals surface area contributed by atoms with Crippen LogP contribution in [0.15, 0.2) is 24.3 Å². The SMILES string of the molecule is CC(C)c1ccc(CNCCN(C)C2CCCC2)cc1. The van der Waals surface area contributed by atoms with Gasteiger partial charge in [0.1, 0.15) is 0 Å². The first-order chi connectivity index (χ1) is 9.66. The minimum Gasteiger partial charge on any atom is -0.311 e. The maximum atomic E-state index is 3.56. The van der Waals surface area contributed by atoms with Crippen LogP contribution in [-0.2, 0) is 6.54 Å². The molecule has 1 fully saturated rings. The lowest BCUT2D eigenvalue weighted by atomic mass is 10.0. The second-order valence-corrected chi connectivity index (χ2v) is 6.49. The van der Waals surface area contributed by atoms with Crippen molar-refractivity contribution in [3.8, 4) is 0 Å². The molecule has 0 bridgehead atoms. The Hall–Kier alpha value is -0.860. The lowest BCUT2D eigenvalue weighted by Crippen LogP contribution is -2.35. The molecule has 0 unspecified atom stereocenters. The van der Waals surface area contributed by atoms with Crippen LogP contribution in [0.1, 0.15) is 56.6 Å². The van der Waals surface area contributed by atoms with Crippen LogP contribution in [0.5, 0.6) is 0 Å². The molecule has 20 heavy (non-hydrogen) atoms. The molecule has 0 amide bonds. The van der Waals surface area contributed by atoms with Crippen molar-refractivity contribution in [2.45, 2.75) is 58.0 Å². The van der Waals surface area contributed by atoms with Crippen molar-refractivity contribution in [3.63, 3.8) is 0 Å². The van der Waals surface area contributed by atoms with E-state index in [1.54, 1.807) is 0 Å². The first-order valence-corrected chi connectivity index (χ1v) is 8.16. The first kappa shape index (κ1) is 15.5. The number of hydrogen-bond donors (Lipinski definition) is 1. The van der Waals surface area contributed by atoms with Crippen molar-refractivity contribution in [1.29, 1.82) is 0 Å². The molecule has 0 saturated heterocycles. The summed E-state index contributed by atoms with van der Waals surface area (Å²) in [6.45, 7) is 7.71. The number of hydrogen-bond acceptors (Lipinski definition) is 2. The Morgan fingerprint density at radius 1 is 1.15 bits per heavy atom. The highest BCUT2D eigenvalue weighted by molar-refractivity contribution is 5.24. The second-order valence-electron chi connectivity index (χ2n) is 6.49. The monoisotopic (exact) mass is 274 g/mol. The smallest absolute Gasteiger partial charge is 0.0206 e. The van der Waals surface area contributed by atoms with Gasteiger partial charge in [0, 0.05) is 25.7 Å². The van der Waals surface area contributed by atoms with Crippen LogP contribution in [0.3, 0.4) is 0 Å². The van der Waals surface area contributed by atoms with Crippen molar-refractivity contribution in [2.75, 3.05) is 20.1 Å². The quantitative estimate of drug-likeness (QED) is 0.761. The van der Waals surface area contributed by atoms with E-state index in [1.165, 1.54) is 36.8 Å². The summed E-state index contributed by atoms with van der Waals surface area (Å²) in [7, 11) is 2.27. The molecule has 2 rings (SSSR count). The number of likely N-dealkylation sites (N-methyl/N-ethyl adjacent to an activating group) is 1. The van der Waals surface area contributed by atoms with Crippen LogP contribution in [0.4, 0.5) is 0 Å². The molecule has 0 radical (unpaired) electrons. The topological polar surface area (TPSA) is 15.3 Å². The van der Waals surface area contributed by atoms with Gasteiger partial charge in [-0.15, -0.1) is 0 Å². The fraction of sp³-hybridized carbons (Fsp3) is 0.667. The average molecular weight is 274 g/mol. The highest BCUT2D eigenvalue weighted by Gasteiger charge is 2.18. The Kier molecular flexibility index (Phi) is 6.06. The number of benzene rings is 1. The van der Waals surface area contributed by atoms with Gasteiger partial charge in [-0.3, -0.25) is 0 Å². The lowest BCUT2D eigenvalue weighted by molar-refractivity contribution is 0.245. The normalized spacial score (nSPS) is 16.4. The third-order valence-corrected chi connectivity index (χ3v) is 4.56. The van der Waals surface area contributed by atoms with Gasteiger partial charge in [0.15, 0.2) is 0 Å². The summed E-state index contributed by atoms with van der Waals surface area (Å²) in [5, 5.41) is 3.56. The summed E-state index contributed by atoms with van der Waals surface area (Å²) >= 11 is 0. The fourth-order valence-electron chi connectivity index (χ4n) is 3.04. The van der Waals surface area contributed by atoms with Crippen molar-refractivity contribution in [3.05, 3.63) is 35.4 Å². The molecular weight excluding hydrogens is 244 g/mol. The van der Waals surface area contributed by atoms with Gasteiger partial charge in [0.05, 0.1) is 0 Å². The summed E-state index contributed by atoms with van der Waals surface area (Å²) < 4.78 is 0. The van der Waals surface area contributed by atoms with Crippen molar-refractivity contribution in [1.82, 2.24) is 10.2 Å². The fourth-order valence-corrected chi connectivity index (χ4v) is 3.04. The van der Waals surface area contributed by atoms with Gasteiger partial charge < -0.3 is 10.2 Å². The standard InChI is InChI=1S/C18H30N2/c1-15(2)17-10-8-16(9-11-17)14-19-12-13-20(3)18-6-4-5-7-18/h8-11,15,18-19H,4-7,12-14H2,1-3H3. The van der Waals surface area contributed by atoms with Crippen LogP contribution in [0.25, 0.3) is 0 Å². The second kappa shape index (κ2) is 7.80. The molecule has 0 atom stereocenters. The van der Waals surface area contributed by atoms with E-state index in [0.29, 0.717) is 5.92 Å². The molecule has 0 aromatic heterocycles. The number of nitrogens with one attached hydrogen (secondary N) is 1.